The predicted octanol–water partition coefficient (Wildman–Crippen LogP) is 2.52. The molecule has 0 radical (unpaired) electrons. The van der Waals surface area contributed by atoms with Crippen LogP contribution in [-0.2, 0) is 7.05 Å². The predicted molar refractivity (Wildman–Crippen MR) is 77.3 cm³/mol. The molecule has 0 aliphatic heterocycles. The molecule has 2 aromatic heterocycles. The van der Waals surface area contributed by atoms with E-state index in [0.29, 0.717) is 5.95 Å². The highest BCUT2D eigenvalue weighted by atomic mass is 16.6. The summed E-state index contributed by atoms with van der Waals surface area (Å²) in [6.45, 7) is 0. The van der Waals surface area contributed by atoms with Gasteiger partial charge in [-0.1, -0.05) is 12.1 Å². The van der Waals surface area contributed by atoms with Gasteiger partial charge in [0.25, 0.3) is 0 Å². The Morgan fingerprint density at radius 3 is 2.90 bits per heavy atom. The third-order valence-corrected chi connectivity index (χ3v) is 2.94. The minimum atomic E-state index is -0.601. The fourth-order valence-corrected chi connectivity index (χ4v) is 1.91. The Kier molecular flexibility index (Phi) is 3.11. The molecule has 0 unspecified atom stereocenters. The average molecular weight is 285 g/mol. The van der Waals surface area contributed by atoms with E-state index in [0.717, 1.165) is 11.0 Å². The van der Waals surface area contributed by atoms with Crippen LogP contribution in [0.2, 0.25) is 0 Å². The summed E-state index contributed by atoms with van der Waals surface area (Å²) in [4.78, 5) is 14.3. The van der Waals surface area contributed by atoms with Gasteiger partial charge >= 0.3 is 5.88 Å². The Bertz CT molecular complexity index is 833. The van der Waals surface area contributed by atoms with Gasteiger partial charge in [0.1, 0.15) is 4.92 Å². The van der Waals surface area contributed by atoms with E-state index in [2.05, 4.69) is 15.5 Å². The molecule has 3 aromatic rings. The fourth-order valence-electron chi connectivity index (χ4n) is 1.91. The first-order chi connectivity index (χ1) is 10.1. The van der Waals surface area contributed by atoms with Gasteiger partial charge in [0.15, 0.2) is 5.76 Å². The number of rotatable bonds is 4. The molecule has 0 saturated carbocycles. The number of hydrazone groups is 1. The Morgan fingerprint density at radius 1 is 1.38 bits per heavy atom. The molecule has 1 N–H and O–H groups in total. The highest BCUT2D eigenvalue weighted by molar-refractivity contribution is 5.79. The summed E-state index contributed by atoms with van der Waals surface area (Å²) in [6.07, 6.45) is 1.35. The van der Waals surface area contributed by atoms with E-state index in [1.54, 1.807) is 0 Å². The van der Waals surface area contributed by atoms with Crippen LogP contribution in [0.1, 0.15) is 5.76 Å². The maximum atomic E-state index is 10.5. The molecule has 0 fully saturated rings. The summed E-state index contributed by atoms with van der Waals surface area (Å²) in [5.41, 5.74) is 4.61. The van der Waals surface area contributed by atoms with E-state index in [-0.39, 0.29) is 11.6 Å². The largest absolute Gasteiger partial charge is 0.433 e. The summed E-state index contributed by atoms with van der Waals surface area (Å²) in [7, 11) is 1.87. The van der Waals surface area contributed by atoms with E-state index in [1.807, 2.05) is 35.9 Å². The quantitative estimate of drug-likeness (QED) is 0.451. The van der Waals surface area contributed by atoms with Crippen LogP contribution in [-0.4, -0.2) is 20.7 Å². The molecule has 3 rings (SSSR count). The Hall–Kier alpha value is -3.16. The molecular formula is C13H11N5O3. The van der Waals surface area contributed by atoms with Crippen LogP contribution < -0.4 is 5.43 Å². The first kappa shape index (κ1) is 12.9. The molecule has 8 heteroatoms. The number of anilines is 1. The number of furan rings is 1. The molecule has 0 aliphatic carbocycles. The van der Waals surface area contributed by atoms with Gasteiger partial charge in [0.05, 0.1) is 23.3 Å². The van der Waals surface area contributed by atoms with Crippen molar-refractivity contribution in [2.75, 3.05) is 5.43 Å². The lowest BCUT2D eigenvalue weighted by Crippen LogP contribution is -1.98. The van der Waals surface area contributed by atoms with E-state index in [4.69, 9.17) is 4.42 Å². The van der Waals surface area contributed by atoms with Crippen LogP contribution in [0.5, 0.6) is 0 Å². The highest BCUT2D eigenvalue weighted by Crippen LogP contribution is 2.17. The number of fused-ring (bicyclic) bond motifs is 1. The molecular weight excluding hydrogens is 274 g/mol. The lowest BCUT2D eigenvalue weighted by Gasteiger charge is -1.99. The Labute approximate surface area is 118 Å². The number of nitrogens with one attached hydrogen (secondary N) is 1. The maximum absolute atomic E-state index is 10.5. The third-order valence-electron chi connectivity index (χ3n) is 2.94. The molecule has 21 heavy (non-hydrogen) atoms. The Morgan fingerprint density at radius 2 is 2.19 bits per heavy atom. The zero-order valence-corrected chi connectivity index (χ0v) is 11.1. The standard InChI is InChI=1S/C13H11N5O3/c1-17-11-5-3-2-4-10(11)15-13(17)16-14-8-9-6-7-12(21-9)18(19)20/h2-8H,1H3,(H,15,16)/b14-8-. The van der Waals surface area contributed by atoms with Crippen molar-refractivity contribution >= 4 is 29.1 Å². The normalized spacial score (nSPS) is 11.3. The average Bonchev–Trinajstić information content (AvgIpc) is 3.06. The van der Waals surface area contributed by atoms with Crippen molar-refractivity contribution in [3.8, 4) is 0 Å². The number of hydrogen-bond donors (Lipinski definition) is 1. The van der Waals surface area contributed by atoms with Crippen LogP contribution in [0.4, 0.5) is 11.8 Å². The summed E-state index contributed by atoms with van der Waals surface area (Å²) in [5, 5.41) is 14.5. The lowest BCUT2D eigenvalue weighted by molar-refractivity contribution is -0.402. The highest BCUT2D eigenvalue weighted by Gasteiger charge is 2.10. The molecule has 0 aliphatic rings. The number of imidazole rings is 1. The number of nitro groups is 1. The number of aromatic nitrogens is 2. The second-order valence-electron chi connectivity index (χ2n) is 4.29. The van der Waals surface area contributed by atoms with Crippen molar-refractivity contribution in [3.63, 3.8) is 0 Å². The summed E-state index contributed by atoms with van der Waals surface area (Å²) >= 11 is 0. The Balaban J connectivity index is 1.77. The topological polar surface area (TPSA) is 98.5 Å². The van der Waals surface area contributed by atoms with Crippen LogP contribution in [0.25, 0.3) is 11.0 Å². The van der Waals surface area contributed by atoms with Gasteiger partial charge in [0, 0.05) is 7.05 Å². The van der Waals surface area contributed by atoms with E-state index >= 15 is 0 Å². The van der Waals surface area contributed by atoms with Gasteiger partial charge in [-0.3, -0.25) is 10.1 Å². The summed E-state index contributed by atoms with van der Waals surface area (Å²) in [6, 6.07) is 10.4. The molecule has 2 heterocycles. The van der Waals surface area contributed by atoms with Crippen LogP contribution in [0.3, 0.4) is 0 Å². The van der Waals surface area contributed by atoms with Crippen molar-refractivity contribution in [1.82, 2.24) is 9.55 Å². The van der Waals surface area contributed by atoms with Crippen molar-refractivity contribution < 1.29 is 9.34 Å². The smallest absolute Gasteiger partial charge is 0.400 e. The molecule has 0 atom stereocenters. The summed E-state index contributed by atoms with van der Waals surface area (Å²) in [5.74, 6) is 0.528. The number of para-hydroxylation sites is 2. The lowest BCUT2D eigenvalue weighted by atomic mass is 10.3. The van der Waals surface area contributed by atoms with Crippen LogP contribution >= 0.6 is 0 Å². The van der Waals surface area contributed by atoms with Crippen molar-refractivity contribution in [2.24, 2.45) is 12.1 Å². The molecule has 1 aromatic carbocycles. The zero-order valence-electron chi connectivity index (χ0n) is 11.1. The monoisotopic (exact) mass is 285 g/mol. The minimum Gasteiger partial charge on any atom is -0.400 e. The van der Waals surface area contributed by atoms with E-state index in [1.165, 1.54) is 18.3 Å². The fraction of sp³-hybridized carbons (Fsp3) is 0.0769. The van der Waals surface area contributed by atoms with Gasteiger partial charge in [-0.25, -0.2) is 10.4 Å². The molecule has 0 saturated heterocycles. The minimum absolute atomic E-state index is 0.285. The van der Waals surface area contributed by atoms with E-state index < -0.39 is 4.92 Å². The third kappa shape index (κ3) is 2.46. The first-order valence-electron chi connectivity index (χ1n) is 6.10. The molecule has 8 nitrogen and oxygen atoms in total. The van der Waals surface area contributed by atoms with Crippen LogP contribution in [0, 0.1) is 10.1 Å². The van der Waals surface area contributed by atoms with E-state index in [9.17, 15) is 10.1 Å². The summed E-state index contributed by atoms with van der Waals surface area (Å²) < 4.78 is 6.81. The van der Waals surface area contributed by atoms with Gasteiger partial charge in [0.2, 0.25) is 5.95 Å². The second-order valence-corrected chi connectivity index (χ2v) is 4.29. The number of hydrogen-bond acceptors (Lipinski definition) is 6. The van der Waals surface area contributed by atoms with Gasteiger partial charge in [-0.2, -0.15) is 5.10 Å². The van der Waals surface area contributed by atoms with Crippen molar-refractivity contribution in [2.45, 2.75) is 0 Å². The van der Waals surface area contributed by atoms with Crippen molar-refractivity contribution in [1.29, 1.82) is 0 Å². The molecule has 106 valence electrons. The number of nitrogens with zero attached hydrogens (tertiary/aromatic N) is 4. The molecule has 0 spiro atoms. The SMILES string of the molecule is Cn1c(N/N=C\c2ccc([N+](=O)[O-])o2)nc2ccccc21. The molecule has 0 amide bonds. The van der Waals surface area contributed by atoms with Crippen molar-refractivity contribution in [3.05, 3.63) is 52.3 Å². The van der Waals surface area contributed by atoms with Crippen LogP contribution in [0.15, 0.2) is 45.9 Å². The van der Waals surface area contributed by atoms with Gasteiger partial charge < -0.3 is 8.98 Å². The second kappa shape index (κ2) is 5.08. The number of benzene rings is 1. The zero-order chi connectivity index (χ0) is 14.8. The number of aryl methyl sites for hydroxylation is 1. The first-order valence-corrected chi connectivity index (χ1v) is 6.10. The molecule has 0 bridgehead atoms. The van der Waals surface area contributed by atoms with Gasteiger partial charge in [-0.05, 0) is 18.2 Å². The maximum Gasteiger partial charge on any atom is 0.433 e. The van der Waals surface area contributed by atoms with Gasteiger partial charge in [-0.15, -0.1) is 0 Å².